The molecule has 1 amide bonds. The Morgan fingerprint density at radius 3 is 2.52 bits per heavy atom. The van der Waals surface area contributed by atoms with Crippen molar-refractivity contribution in [2.75, 3.05) is 19.5 Å². The van der Waals surface area contributed by atoms with Gasteiger partial charge in [-0.25, -0.2) is 0 Å². The van der Waals surface area contributed by atoms with E-state index in [9.17, 15) is 10.1 Å². The van der Waals surface area contributed by atoms with Crippen LogP contribution in [-0.4, -0.2) is 20.1 Å². The molecule has 0 saturated carbocycles. The summed E-state index contributed by atoms with van der Waals surface area (Å²) >= 11 is 6.08. The lowest BCUT2D eigenvalue weighted by molar-refractivity contribution is -0.117. The molecule has 0 fully saturated rings. The summed E-state index contributed by atoms with van der Waals surface area (Å²) in [5.74, 6) is 0.766. The number of nitriles is 1. The van der Waals surface area contributed by atoms with Crippen LogP contribution < -0.4 is 20.1 Å². The van der Waals surface area contributed by atoms with Crippen molar-refractivity contribution in [3.63, 3.8) is 0 Å². The average molecular weight is 386 g/mol. The first kappa shape index (κ1) is 20.1. The van der Waals surface area contributed by atoms with E-state index in [1.165, 1.54) is 13.3 Å². The molecule has 0 aliphatic rings. The fourth-order valence-electron chi connectivity index (χ4n) is 2.26. The summed E-state index contributed by atoms with van der Waals surface area (Å²) in [5, 5.41) is 15.5. The van der Waals surface area contributed by atoms with Gasteiger partial charge in [0, 0.05) is 23.8 Å². The summed E-state index contributed by atoms with van der Waals surface area (Å²) in [7, 11) is 3.10. The number of hydrogen-bond donors (Lipinski definition) is 2. The van der Waals surface area contributed by atoms with Gasteiger partial charge in [-0.2, -0.15) is 5.26 Å². The van der Waals surface area contributed by atoms with Crippen LogP contribution >= 0.6 is 11.6 Å². The Bertz CT molecular complexity index is 887. The number of halogens is 1. The van der Waals surface area contributed by atoms with E-state index in [-0.39, 0.29) is 5.57 Å². The fourth-order valence-corrected chi connectivity index (χ4v) is 2.42. The van der Waals surface area contributed by atoms with Crippen LogP contribution in [0.1, 0.15) is 11.1 Å². The van der Waals surface area contributed by atoms with Gasteiger partial charge >= 0.3 is 0 Å². The number of carbonyl (C=O) groups excluding carboxylic acids is 1. The van der Waals surface area contributed by atoms with E-state index >= 15 is 0 Å². The highest BCUT2D eigenvalue weighted by Gasteiger charge is 2.10. The van der Waals surface area contributed by atoms with Crippen LogP contribution in [0.2, 0.25) is 5.02 Å². The molecule has 0 aliphatic heterocycles. The molecule has 0 heterocycles. The smallest absolute Gasteiger partial charge is 0.263 e. The summed E-state index contributed by atoms with van der Waals surface area (Å²) < 4.78 is 10.4. The zero-order valence-corrected chi connectivity index (χ0v) is 16.1. The molecule has 2 N–H and O–H groups in total. The van der Waals surface area contributed by atoms with E-state index in [4.69, 9.17) is 21.1 Å². The zero-order valence-electron chi connectivity index (χ0n) is 15.3. The Morgan fingerprint density at radius 1 is 1.22 bits per heavy atom. The van der Waals surface area contributed by atoms with Crippen molar-refractivity contribution < 1.29 is 14.3 Å². The molecule has 140 valence electrons. The van der Waals surface area contributed by atoms with Gasteiger partial charge in [0.1, 0.15) is 23.1 Å². The molecule has 0 saturated heterocycles. The van der Waals surface area contributed by atoms with Crippen molar-refractivity contribution in [1.82, 2.24) is 5.32 Å². The maximum absolute atomic E-state index is 12.2. The molecular formula is C20H20ClN3O3. The third kappa shape index (κ3) is 5.40. The largest absolute Gasteiger partial charge is 0.497 e. The van der Waals surface area contributed by atoms with Gasteiger partial charge in [0.05, 0.1) is 19.9 Å². The number of methoxy groups -OCH3 is 2. The lowest BCUT2D eigenvalue weighted by Gasteiger charge is -2.11. The number of nitrogens with one attached hydrogen (secondary N) is 2. The summed E-state index contributed by atoms with van der Waals surface area (Å²) in [6.45, 7) is 2.15. The molecule has 2 aromatic rings. The van der Waals surface area contributed by atoms with E-state index in [2.05, 4.69) is 10.6 Å². The normalized spacial score (nSPS) is 10.7. The minimum Gasteiger partial charge on any atom is -0.497 e. The van der Waals surface area contributed by atoms with Crippen LogP contribution in [0, 0.1) is 18.3 Å². The highest BCUT2D eigenvalue weighted by molar-refractivity contribution is 6.31. The number of hydrogen-bond acceptors (Lipinski definition) is 5. The van der Waals surface area contributed by atoms with Gasteiger partial charge in [-0.3, -0.25) is 4.79 Å². The SMILES string of the molecule is COc1ccc(CNC(=O)/C(C#N)=C\Nc2cc(C)c(Cl)cc2OC)cc1. The highest BCUT2D eigenvalue weighted by Crippen LogP contribution is 2.31. The Morgan fingerprint density at radius 2 is 1.93 bits per heavy atom. The summed E-state index contributed by atoms with van der Waals surface area (Å²) in [6.07, 6.45) is 1.34. The molecule has 27 heavy (non-hydrogen) atoms. The Kier molecular flexibility index (Phi) is 7.09. The Labute approximate surface area is 163 Å². The lowest BCUT2D eigenvalue weighted by Crippen LogP contribution is -2.24. The van der Waals surface area contributed by atoms with Gasteiger partial charge in [0.25, 0.3) is 5.91 Å². The van der Waals surface area contributed by atoms with Crippen molar-refractivity contribution in [2.45, 2.75) is 13.5 Å². The monoisotopic (exact) mass is 385 g/mol. The van der Waals surface area contributed by atoms with E-state index in [0.717, 1.165) is 16.9 Å². The number of anilines is 1. The molecule has 0 unspecified atom stereocenters. The predicted molar refractivity (Wildman–Crippen MR) is 105 cm³/mol. The fraction of sp³-hybridized carbons (Fsp3) is 0.200. The van der Waals surface area contributed by atoms with Gasteiger partial charge in [0.15, 0.2) is 0 Å². The first-order valence-electron chi connectivity index (χ1n) is 8.10. The van der Waals surface area contributed by atoms with Gasteiger partial charge in [0.2, 0.25) is 0 Å². The minimum atomic E-state index is -0.481. The molecule has 2 rings (SSSR count). The molecule has 2 aromatic carbocycles. The Hall–Kier alpha value is -3.17. The lowest BCUT2D eigenvalue weighted by atomic mass is 10.2. The highest BCUT2D eigenvalue weighted by atomic mass is 35.5. The van der Waals surface area contributed by atoms with Crippen LogP contribution in [0.3, 0.4) is 0 Å². The first-order chi connectivity index (χ1) is 13.0. The molecule has 7 heteroatoms. The number of aryl methyl sites for hydroxylation is 1. The molecule has 0 bridgehead atoms. The number of amides is 1. The van der Waals surface area contributed by atoms with Crippen LogP contribution in [0.4, 0.5) is 5.69 Å². The number of rotatable bonds is 7. The maximum atomic E-state index is 12.2. The standard InChI is InChI=1S/C20H20ClN3O3/c1-13-8-18(19(27-3)9-17(13)21)23-12-15(10-22)20(25)24-11-14-4-6-16(26-2)7-5-14/h4-9,12,23H,11H2,1-3H3,(H,24,25)/b15-12-. The van der Waals surface area contributed by atoms with E-state index in [1.54, 1.807) is 31.4 Å². The second-order valence-corrected chi connectivity index (χ2v) is 6.05. The zero-order chi connectivity index (χ0) is 19.8. The molecule has 0 spiro atoms. The van der Waals surface area contributed by atoms with Crippen LogP contribution in [-0.2, 0) is 11.3 Å². The third-order valence-electron chi connectivity index (χ3n) is 3.83. The summed E-state index contributed by atoms with van der Waals surface area (Å²) in [5.41, 5.74) is 2.29. The second kappa shape index (κ2) is 9.51. The van der Waals surface area contributed by atoms with E-state index < -0.39 is 5.91 Å². The van der Waals surface area contributed by atoms with Crippen molar-refractivity contribution in [2.24, 2.45) is 0 Å². The van der Waals surface area contributed by atoms with Gasteiger partial charge in [-0.05, 0) is 36.2 Å². The van der Waals surface area contributed by atoms with Crippen LogP contribution in [0.15, 0.2) is 48.2 Å². The second-order valence-electron chi connectivity index (χ2n) is 5.65. The van der Waals surface area contributed by atoms with Gasteiger partial charge in [-0.1, -0.05) is 23.7 Å². The number of carbonyl (C=O) groups is 1. The van der Waals surface area contributed by atoms with Crippen molar-refractivity contribution in [3.8, 4) is 17.6 Å². The third-order valence-corrected chi connectivity index (χ3v) is 4.24. The molecule has 0 aliphatic carbocycles. The average Bonchev–Trinajstić information content (AvgIpc) is 2.69. The minimum absolute atomic E-state index is 0.0573. The first-order valence-corrected chi connectivity index (χ1v) is 8.48. The number of ether oxygens (including phenoxy) is 2. The van der Waals surface area contributed by atoms with Crippen LogP contribution in [0.5, 0.6) is 11.5 Å². The van der Waals surface area contributed by atoms with Gasteiger partial charge in [-0.15, -0.1) is 0 Å². The molecule has 0 radical (unpaired) electrons. The number of nitrogens with zero attached hydrogens (tertiary/aromatic N) is 1. The van der Waals surface area contributed by atoms with Crippen molar-refractivity contribution in [3.05, 3.63) is 64.3 Å². The molecule has 6 nitrogen and oxygen atoms in total. The quantitative estimate of drug-likeness (QED) is 0.559. The molecule has 0 aromatic heterocycles. The van der Waals surface area contributed by atoms with E-state index in [1.807, 2.05) is 25.1 Å². The topological polar surface area (TPSA) is 83.4 Å². The van der Waals surface area contributed by atoms with Crippen molar-refractivity contribution >= 4 is 23.2 Å². The van der Waals surface area contributed by atoms with Gasteiger partial charge < -0.3 is 20.1 Å². The van der Waals surface area contributed by atoms with Crippen LogP contribution in [0.25, 0.3) is 0 Å². The summed E-state index contributed by atoms with van der Waals surface area (Å²) in [6, 6.07) is 12.6. The number of benzene rings is 2. The molecule has 0 atom stereocenters. The summed E-state index contributed by atoms with van der Waals surface area (Å²) in [4.78, 5) is 12.2. The molecular weight excluding hydrogens is 366 g/mol. The van der Waals surface area contributed by atoms with Crippen molar-refractivity contribution in [1.29, 1.82) is 5.26 Å². The maximum Gasteiger partial charge on any atom is 0.263 e. The van der Waals surface area contributed by atoms with E-state index in [0.29, 0.717) is 23.0 Å². The Balaban J connectivity index is 2.05. The predicted octanol–water partition coefficient (Wildman–Crippen LogP) is 3.80.